The number of benzene rings is 2. The Morgan fingerprint density at radius 1 is 1.00 bits per heavy atom. The summed E-state index contributed by atoms with van der Waals surface area (Å²) in [6, 6.07) is 13.0. The highest BCUT2D eigenvalue weighted by Crippen LogP contribution is 2.42. The Balaban J connectivity index is 1.14. The second-order valence-corrected chi connectivity index (χ2v) is 14.6. The Bertz CT molecular complexity index is 1870. The Morgan fingerprint density at radius 3 is 2.50 bits per heavy atom. The number of nitrogens with zero attached hydrogens (tertiary/aromatic N) is 5. The van der Waals surface area contributed by atoms with E-state index in [1.165, 1.54) is 29.3 Å². The van der Waals surface area contributed by atoms with Gasteiger partial charge in [0.2, 0.25) is 5.91 Å². The molecular formula is C38H48N6O4. The number of rotatable bonds is 10. The van der Waals surface area contributed by atoms with Gasteiger partial charge in [-0.25, -0.2) is 4.98 Å². The minimum absolute atomic E-state index is 0.0141. The summed E-state index contributed by atoms with van der Waals surface area (Å²) in [5.74, 6) is 3.22. The van der Waals surface area contributed by atoms with E-state index in [2.05, 4.69) is 33.4 Å². The number of amides is 2. The van der Waals surface area contributed by atoms with Crippen molar-refractivity contribution in [1.29, 1.82) is 0 Å². The molecule has 10 heteroatoms. The maximum atomic E-state index is 13.8. The van der Waals surface area contributed by atoms with Crippen molar-refractivity contribution in [2.75, 3.05) is 40.5 Å². The summed E-state index contributed by atoms with van der Waals surface area (Å²) < 4.78 is 15.7. The second-order valence-electron chi connectivity index (χ2n) is 14.6. The zero-order valence-electron chi connectivity index (χ0n) is 28.5. The van der Waals surface area contributed by atoms with Crippen molar-refractivity contribution < 1.29 is 19.1 Å². The summed E-state index contributed by atoms with van der Waals surface area (Å²) in [5, 5.41) is 1.22. The summed E-state index contributed by atoms with van der Waals surface area (Å²) >= 11 is 0. The van der Waals surface area contributed by atoms with Crippen LogP contribution in [0, 0.1) is 11.8 Å². The van der Waals surface area contributed by atoms with Gasteiger partial charge in [0.25, 0.3) is 5.91 Å². The number of aryl methyl sites for hydroxylation is 1. The lowest BCUT2D eigenvalue weighted by atomic mass is 9.88. The number of piperidine rings is 2. The predicted molar refractivity (Wildman–Crippen MR) is 186 cm³/mol. The zero-order chi connectivity index (χ0) is 33.1. The van der Waals surface area contributed by atoms with Crippen LogP contribution in [0.2, 0.25) is 0 Å². The van der Waals surface area contributed by atoms with E-state index >= 15 is 0 Å². The Hall–Kier alpha value is -3.89. The van der Waals surface area contributed by atoms with Gasteiger partial charge in [-0.2, -0.15) is 0 Å². The van der Waals surface area contributed by atoms with Gasteiger partial charge >= 0.3 is 0 Å². The number of aromatic nitrogens is 3. The summed E-state index contributed by atoms with van der Waals surface area (Å²) in [7, 11) is 5.40. The quantitative estimate of drug-likeness (QED) is 0.233. The van der Waals surface area contributed by atoms with Crippen molar-refractivity contribution in [3.63, 3.8) is 0 Å². The molecule has 0 unspecified atom stereocenters. The molecule has 0 radical (unpaired) electrons. The van der Waals surface area contributed by atoms with Gasteiger partial charge in [0.1, 0.15) is 11.3 Å². The van der Waals surface area contributed by atoms with Crippen LogP contribution in [0.3, 0.4) is 0 Å². The fourth-order valence-electron chi connectivity index (χ4n) is 8.85. The molecule has 4 aliphatic rings. The fraction of sp³-hybridized carbons (Fsp3) is 0.553. The molecule has 2 aromatic carbocycles. The Morgan fingerprint density at radius 2 is 1.81 bits per heavy atom. The number of hydrogen-bond acceptors (Lipinski definition) is 6. The topological polar surface area (TPSA) is 108 Å². The average Bonchev–Trinajstić information content (AvgIpc) is 3.49. The van der Waals surface area contributed by atoms with Gasteiger partial charge < -0.3 is 34.1 Å². The maximum Gasteiger partial charge on any atom is 0.254 e. The van der Waals surface area contributed by atoms with Crippen molar-refractivity contribution in [3.8, 4) is 17.3 Å². The molecule has 2 saturated heterocycles. The number of carbonyl (C=O) groups is 2. The first-order valence-corrected chi connectivity index (χ1v) is 17.9. The van der Waals surface area contributed by atoms with Crippen LogP contribution in [0.1, 0.15) is 73.2 Å². The number of methoxy groups -OCH3 is 2. The first-order chi connectivity index (χ1) is 23.4. The summed E-state index contributed by atoms with van der Waals surface area (Å²) in [6.45, 7) is 3.88. The van der Waals surface area contributed by atoms with Crippen molar-refractivity contribution in [2.24, 2.45) is 24.6 Å². The molecule has 0 spiro atoms. The van der Waals surface area contributed by atoms with E-state index in [4.69, 9.17) is 20.2 Å². The van der Waals surface area contributed by atoms with Crippen LogP contribution in [0.15, 0.2) is 36.4 Å². The molecule has 4 fully saturated rings. The van der Waals surface area contributed by atoms with E-state index < -0.39 is 0 Å². The highest BCUT2D eigenvalue weighted by Gasteiger charge is 2.47. The van der Waals surface area contributed by atoms with Crippen LogP contribution >= 0.6 is 0 Å². The van der Waals surface area contributed by atoms with Crippen molar-refractivity contribution in [3.05, 3.63) is 47.5 Å². The number of nitrogens with two attached hydrogens (primary N) is 1. The third kappa shape index (κ3) is 5.37. The number of hydrogen-bond donors (Lipinski definition) is 1. The molecule has 8 rings (SSSR count). The minimum Gasteiger partial charge on any atom is -0.494 e. The van der Waals surface area contributed by atoms with Gasteiger partial charge in [-0.1, -0.05) is 18.2 Å². The molecular weight excluding hydrogens is 604 g/mol. The van der Waals surface area contributed by atoms with Crippen LogP contribution in [0.5, 0.6) is 5.75 Å². The van der Waals surface area contributed by atoms with Crippen molar-refractivity contribution in [1.82, 2.24) is 23.9 Å². The maximum absolute atomic E-state index is 13.8. The molecule has 4 heterocycles. The molecule has 2 saturated carbocycles. The normalized spacial score (nSPS) is 22.8. The lowest BCUT2D eigenvalue weighted by molar-refractivity contribution is -0.132. The van der Waals surface area contributed by atoms with Gasteiger partial charge in [-0.05, 0) is 86.5 Å². The number of ether oxygens (including phenoxy) is 2. The molecule has 10 nitrogen and oxygen atoms in total. The van der Waals surface area contributed by atoms with Gasteiger partial charge in [-0.3, -0.25) is 9.59 Å². The molecule has 2 aliphatic heterocycles. The van der Waals surface area contributed by atoms with Gasteiger partial charge in [0.15, 0.2) is 5.82 Å². The standard InChI is InChI=1S/C38H48N6O4/c1-41-36-29(18-27(20-32(36)48-3)38(46)44-22-26-11-12-30(44)34(26)39)40-37(41)31-19-25-6-4-7-28(35(25)43(31)21-23-9-10-23)24-13-15-42(16-14-24)33(45)8-5-17-47-2/h4,6-7,18-20,23-24,26,30,34H,5,8-17,21-22,39H2,1-3H3/t26-,30-,34-/m1/s1. The molecule has 2 amide bonds. The van der Waals surface area contributed by atoms with E-state index in [9.17, 15) is 9.59 Å². The molecule has 2 bridgehead atoms. The van der Waals surface area contributed by atoms with Crippen LogP contribution in [-0.4, -0.2) is 88.3 Å². The third-order valence-electron chi connectivity index (χ3n) is 11.7. The molecule has 2 N–H and O–H groups in total. The van der Waals surface area contributed by atoms with Gasteiger partial charge in [-0.15, -0.1) is 0 Å². The van der Waals surface area contributed by atoms with E-state index in [0.29, 0.717) is 42.1 Å². The van der Waals surface area contributed by atoms with Crippen molar-refractivity contribution in [2.45, 2.75) is 75.9 Å². The lowest BCUT2D eigenvalue weighted by Crippen LogP contribution is -2.41. The first-order valence-electron chi connectivity index (χ1n) is 17.9. The summed E-state index contributed by atoms with van der Waals surface area (Å²) in [6.07, 6.45) is 7.81. The van der Waals surface area contributed by atoms with E-state index in [-0.39, 0.29) is 23.9 Å². The molecule has 2 aromatic heterocycles. The minimum atomic E-state index is 0.0141. The molecule has 3 atom stereocenters. The Kier molecular flexibility index (Phi) is 8.19. The van der Waals surface area contributed by atoms with E-state index in [1.54, 1.807) is 14.2 Å². The molecule has 48 heavy (non-hydrogen) atoms. The smallest absolute Gasteiger partial charge is 0.254 e. The number of para-hydroxylation sites is 1. The van der Waals surface area contributed by atoms with Crippen molar-refractivity contribution >= 4 is 33.8 Å². The van der Waals surface area contributed by atoms with Gasteiger partial charge in [0.05, 0.1) is 23.8 Å². The average molecular weight is 653 g/mol. The summed E-state index contributed by atoms with van der Waals surface area (Å²) in [4.78, 5) is 35.9. The first kappa shape index (κ1) is 31.4. The number of imidazole rings is 1. The molecule has 4 aromatic rings. The summed E-state index contributed by atoms with van der Waals surface area (Å²) in [5.41, 5.74) is 12.4. The number of carbonyl (C=O) groups excluding carboxylic acids is 2. The van der Waals surface area contributed by atoms with E-state index in [0.717, 1.165) is 80.8 Å². The number of fused-ring (bicyclic) bond motifs is 4. The monoisotopic (exact) mass is 652 g/mol. The highest BCUT2D eigenvalue weighted by molar-refractivity contribution is 6.00. The second kappa shape index (κ2) is 12.5. The third-order valence-corrected chi connectivity index (χ3v) is 11.7. The zero-order valence-corrected chi connectivity index (χ0v) is 28.5. The van der Waals surface area contributed by atoms with Crippen LogP contribution < -0.4 is 10.5 Å². The Labute approximate surface area is 282 Å². The largest absolute Gasteiger partial charge is 0.494 e. The number of likely N-dealkylation sites (tertiary alicyclic amines) is 2. The predicted octanol–water partition coefficient (Wildman–Crippen LogP) is 5.31. The SMILES string of the molecule is COCCCC(=O)N1CCC(c2cccc3cc(-c4nc5cc(C(=O)N6C[C@H]7CC[C@@H]6[C@@H]7N)cc(OC)c5n4C)n(CC4CC4)c23)CC1. The van der Waals surface area contributed by atoms with Crippen LogP contribution in [-0.2, 0) is 23.1 Å². The lowest BCUT2D eigenvalue weighted by Gasteiger charge is -2.33. The molecule has 2 aliphatic carbocycles. The van der Waals surface area contributed by atoms with Gasteiger partial charge in [0, 0.05) is 76.4 Å². The van der Waals surface area contributed by atoms with E-state index in [1.807, 2.05) is 29.0 Å². The highest BCUT2D eigenvalue weighted by atomic mass is 16.5. The van der Waals surface area contributed by atoms with Crippen LogP contribution in [0.25, 0.3) is 33.5 Å². The van der Waals surface area contributed by atoms with Crippen LogP contribution in [0.4, 0.5) is 0 Å². The molecule has 254 valence electrons. The fourth-order valence-corrected chi connectivity index (χ4v) is 8.85.